The maximum atomic E-state index is 5.66. The van der Waals surface area contributed by atoms with Crippen LogP contribution >= 0.6 is 0 Å². The van der Waals surface area contributed by atoms with E-state index >= 15 is 0 Å². The fourth-order valence-electron chi connectivity index (χ4n) is 2.09. The van der Waals surface area contributed by atoms with Crippen molar-refractivity contribution in [2.45, 2.75) is 12.8 Å². The molecule has 2 aromatic carbocycles. The minimum Gasteiger partial charge on any atom is -0.327 e. The molecule has 0 aliphatic heterocycles. The molecule has 0 aromatic heterocycles. The van der Waals surface area contributed by atoms with E-state index in [-0.39, 0.29) is 0 Å². The van der Waals surface area contributed by atoms with E-state index in [1.54, 1.807) is 0 Å². The molecule has 2 rings (SSSR count). The molecular weight excluding hydrogens is 218 g/mol. The molecular formula is C17H19N. The van der Waals surface area contributed by atoms with Crippen LogP contribution < -0.4 is 5.73 Å². The largest absolute Gasteiger partial charge is 0.327 e. The van der Waals surface area contributed by atoms with E-state index in [2.05, 4.69) is 54.6 Å². The number of hydrogen-bond acceptors (Lipinski definition) is 1. The molecule has 0 spiro atoms. The van der Waals surface area contributed by atoms with Gasteiger partial charge in [0, 0.05) is 6.54 Å². The summed E-state index contributed by atoms with van der Waals surface area (Å²) in [6.07, 6.45) is 4.10. The molecule has 0 aliphatic carbocycles. The maximum Gasteiger partial charge on any atom is 0.0109 e. The Morgan fingerprint density at radius 1 is 0.778 bits per heavy atom. The first-order valence-electron chi connectivity index (χ1n) is 6.34. The van der Waals surface area contributed by atoms with Gasteiger partial charge < -0.3 is 5.73 Å². The van der Waals surface area contributed by atoms with E-state index in [0.717, 1.165) is 12.8 Å². The number of rotatable bonds is 5. The monoisotopic (exact) mass is 237 g/mol. The second-order valence-electron chi connectivity index (χ2n) is 4.42. The van der Waals surface area contributed by atoms with E-state index in [9.17, 15) is 0 Å². The van der Waals surface area contributed by atoms with Gasteiger partial charge in [0.15, 0.2) is 0 Å². The van der Waals surface area contributed by atoms with Crippen molar-refractivity contribution < 1.29 is 0 Å². The lowest BCUT2D eigenvalue weighted by molar-refractivity contribution is 1.01. The quantitative estimate of drug-likeness (QED) is 0.793. The van der Waals surface area contributed by atoms with Crippen LogP contribution in [0, 0.1) is 0 Å². The van der Waals surface area contributed by atoms with E-state index in [4.69, 9.17) is 5.73 Å². The molecule has 2 aromatic rings. The lowest BCUT2D eigenvalue weighted by Gasteiger charge is -2.08. The van der Waals surface area contributed by atoms with Gasteiger partial charge >= 0.3 is 0 Å². The van der Waals surface area contributed by atoms with Crippen LogP contribution in [0.15, 0.2) is 72.3 Å². The zero-order chi connectivity index (χ0) is 12.6. The Morgan fingerprint density at radius 3 is 1.61 bits per heavy atom. The molecule has 0 bridgehead atoms. The first-order chi connectivity index (χ1) is 8.88. The summed E-state index contributed by atoms with van der Waals surface area (Å²) in [6, 6.07) is 21.1. The van der Waals surface area contributed by atoms with Crippen LogP contribution in [0.4, 0.5) is 0 Å². The van der Waals surface area contributed by atoms with Gasteiger partial charge in [-0.05, 0) is 24.0 Å². The van der Waals surface area contributed by atoms with Crippen molar-refractivity contribution in [3.63, 3.8) is 0 Å². The molecule has 0 atom stereocenters. The van der Waals surface area contributed by atoms with Crippen molar-refractivity contribution in [2.24, 2.45) is 5.73 Å². The highest BCUT2D eigenvalue weighted by Gasteiger charge is 2.01. The zero-order valence-corrected chi connectivity index (χ0v) is 10.5. The molecule has 0 unspecified atom stereocenters. The minimum atomic E-state index is 0.606. The van der Waals surface area contributed by atoms with Crippen LogP contribution in [-0.2, 0) is 12.8 Å². The van der Waals surface area contributed by atoms with Crippen LogP contribution in [0.5, 0.6) is 0 Å². The number of hydrogen-bond donors (Lipinski definition) is 1. The highest BCUT2D eigenvalue weighted by molar-refractivity contribution is 5.27. The Labute approximate surface area is 109 Å². The highest BCUT2D eigenvalue weighted by atomic mass is 14.5. The van der Waals surface area contributed by atoms with Crippen molar-refractivity contribution in [1.82, 2.24) is 0 Å². The Hall–Kier alpha value is -1.86. The molecule has 0 radical (unpaired) electrons. The summed E-state index contributed by atoms with van der Waals surface area (Å²) in [5.74, 6) is 0. The van der Waals surface area contributed by atoms with E-state index in [1.807, 2.05) is 12.1 Å². The summed E-state index contributed by atoms with van der Waals surface area (Å²) in [5, 5.41) is 0. The predicted molar refractivity (Wildman–Crippen MR) is 77.4 cm³/mol. The van der Waals surface area contributed by atoms with Gasteiger partial charge in [0.25, 0.3) is 0 Å². The van der Waals surface area contributed by atoms with Crippen LogP contribution in [-0.4, -0.2) is 6.54 Å². The lowest BCUT2D eigenvalue weighted by atomic mass is 9.98. The smallest absolute Gasteiger partial charge is 0.0109 e. The molecule has 1 heteroatoms. The van der Waals surface area contributed by atoms with Gasteiger partial charge in [0.2, 0.25) is 0 Å². The summed E-state index contributed by atoms with van der Waals surface area (Å²) < 4.78 is 0. The summed E-state index contributed by atoms with van der Waals surface area (Å²) in [4.78, 5) is 0. The topological polar surface area (TPSA) is 26.0 Å². The number of nitrogens with two attached hydrogens (primary N) is 1. The second kappa shape index (κ2) is 6.77. The van der Waals surface area contributed by atoms with Crippen molar-refractivity contribution in [1.29, 1.82) is 0 Å². The average molecular weight is 237 g/mol. The van der Waals surface area contributed by atoms with Crippen molar-refractivity contribution in [2.75, 3.05) is 6.54 Å². The molecule has 0 fully saturated rings. The minimum absolute atomic E-state index is 0.606. The van der Waals surface area contributed by atoms with Gasteiger partial charge in [0.05, 0.1) is 0 Å². The van der Waals surface area contributed by atoms with Crippen molar-refractivity contribution in [3.05, 3.63) is 83.4 Å². The zero-order valence-electron chi connectivity index (χ0n) is 10.5. The summed E-state index contributed by atoms with van der Waals surface area (Å²) in [7, 11) is 0. The van der Waals surface area contributed by atoms with Crippen molar-refractivity contribution in [3.8, 4) is 0 Å². The summed E-state index contributed by atoms with van der Waals surface area (Å²) >= 11 is 0. The third-order valence-corrected chi connectivity index (χ3v) is 2.95. The number of allylic oxidation sites excluding steroid dienone is 1. The molecule has 18 heavy (non-hydrogen) atoms. The van der Waals surface area contributed by atoms with Gasteiger partial charge in [-0.25, -0.2) is 0 Å². The van der Waals surface area contributed by atoms with Crippen molar-refractivity contribution >= 4 is 0 Å². The third kappa shape index (κ3) is 3.86. The van der Waals surface area contributed by atoms with Crippen LogP contribution in [0.1, 0.15) is 11.1 Å². The summed E-state index contributed by atoms with van der Waals surface area (Å²) in [6.45, 7) is 0.606. The standard InChI is InChI=1S/C17H19N/c18-12-11-17(13-15-7-3-1-4-8-15)14-16-9-5-2-6-10-16/h1-11H,12-14,18H2. The highest BCUT2D eigenvalue weighted by Crippen LogP contribution is 2.13. The fraction of sp³-hybridized carbons (Fsp3) is 0.176. The normalized spacial score (nSPS) is 10.1. The fourth-order valence-corrected chi connectivity index (χ4v) is 2.09. The van der Waals surface area contributed by atoms with Gasteiger partial charge in [0.1, 0.15) is 0 Å². The molecule has 0 saturated carbocycles. The molecule has 0 heterocycles. The molecule has 0 saturated heterocycles. The molecule has 2 N–H and O–H groups in total. The Bertz CT molecular complexity index is 442. The first-order valence-corrected chi connectivity index (χ1v) is 6.34. The second-order valence-corrected chi connectivity index (χ2v) is 4.42. The van der Waals surface area contributed by atoms with Gasteiger partial charge in [-0.15, -0.1) is 0 Å². The Kier molecular flexibility index (Phi) is 4.74. The van der Waals surface area contributed by atoms with Crippen LogP contribution in [0.3, 0.4) is 0 Å². The molecule has 92 valence electrons. The first kappa shape index (κ1) is 12.6. The lowest BCUT2D eigenvalue weighted by Crippen LogP contribution is -2.01. The van der Waals surface area contributed by atoms with Gasteiger partial charge in [-0.3, -0.25) is 0 Å². The molecule has 0 amide bonds. The van der Waals surface area contributed by atoms with Crippen LogP contribution in [0.2, 0.25) is 0 Å². The Morgan fingerprint density at radius 2 is 1.22 bits per heavy atom. The van der Waals surface area contributed by atoms with Gasteiger partial charge in [-0.1, -0.05) is 72.3 Å². The molecule has 0 aliphatic rings. The Balaban J connectivity index is 2.08. The SMILES string of the molecule is NCC=C(Cc1ccccc1)Cc1ccccc1. The summed E-state index contributed by atoms with van der Waals surface area (Å²) in [5.41, 5.74) is 9.73. The van der Waals surface area contributed by atoms with E-state index < -0.39 is 0 Å². The number of benzene rings is 2. The van der Waals surface area contributed by atoms with Crippen LogP contribution in [0.25, 0.3) is 0 Å². The maximum absolute atomic E-state index is 5.66. The predicted octanol–water partition coefficient (Wildman–Crippen LogP) is 3.36. The molecule has 1 nitrogen and oxygen atoms in total. The van der Waals surface area contributed by atoms with E-state index in [1.165, 1.54) is 16.7 Å². The van der Waals surface area contributed by atoms with Gasteiger partial charge in [-0.2, -0.15) is 0 Å². The third-order valence-electron chi connectivity index (χ3n) is 2.95. The van der Waals surface area contributed by atoms with E-state index in [0.29, 0.717) is 6.54 Å². The average Bonchev–Trinajstić information content (AvgIpc) is 2.41.